The SMILES string of the molecule is O=C(Nc1ccc(F)cc1)[C@@H]1Sc2nnc(-c3ccccc3)n2N[C@H]1c1ccc(Cl)cc1. The number of carbonyl (C=O) groups excluding carboxylic acids is 1. The van der Waals surface area contributed by atoms with Crippen molar-refractivity contribution in [2.45, 2.75) is 16.4 Å². The predicted molar refractivity (Wildman–Crippen MR) is 124 cm³/mol. The lowest BCUT2D eigenvalue weighted by molar-refractivity contribution is -0.116. The van der Waals surface area contributed by atoms with Crippen molar-refractivity contribution < 1.29 is 9.18 Å². The van der Waals surface area contributed by atoms with Gasteiger partial charge in [-0.25, -0.2) is 9.07 Å². The van der Waals surface area contributed by atoms with Crippen LogP contribution < -0.4 is 10.7 Å². The Morgan fingerprint density at radius 1 is 1.00 bits per heavy atom. The molecule has 1 amide bonds. The summed E-state index contributed by atoms with van der Waals surface area (Å²) in [6.07, 6.45) is 0. The van der Waals surface area contributed by atoms with Crippen LogP contribution in [0.2, 0.25) is 5.02 Å². The van der Waals surface area contributed by atoms with E-state index in [-0.39, 0.29) is 17.8 Å². The maximum absolute atomic E-state index is 13.2. The Labute approximate surface area is 192 Å². The third-order valence-electron chi connectivity index (χ3n) is 5.07. The highest BCUT2D eigenvalue weighted by Crippen LogP contribution is 2.39. The average molecular weight is 466 g/mol. The van der Waals surface area contributed by atoms with Crippen molar-refractivity contribution in [3.8, 4) is 11.4 Å². The van der Waals surface area contributed by atoms with Gasteiger partial charge in [0.25, 0.3) is 0 Å². The van der Waals surface area contributed by atoms with Crippen LogP contribution in [0.4, 0.5) is 10.1 Å². The Morgan fingerprint density at radius 2 is 1.72 bits per heavy atom. The molecule has 2 atom stereocenters. The summed E-state index contributed by atoms with van der Waals surface area (Å²) in [5.74, 6) is 0.0614. The van der Waals surface area contributed by atoms with Gasteiger partial charge in [0.1, 0.15) is 11.1 Å². The maximum atomic E-state index is 13.2. The van der Waals surface area contributed by atoms with Gasteiger partial charge in [0.15, 0.2) is 5.82 Å². The van der Waals surface area contributed by atoms with Crippen molar-refractivity contribution in [2.24, 2.45) is 0 Å². The van der Waals surface area contributed by atoms with E-state index in [2.05, 4.69) is 20.9 Å². The fraction of sp³-hybridized carbons (Fsp3) is 0.0870. The minimum Gasteiger partial charge on any atom is -0.325 e. The number of hydrogen-bond acceptors (Lipinski definition) is 5. The Balaban J connectivity index is 1.50. The molecule has 6 nitrogen and oxygen atoms in total. The van der Waals surface area contributed by atoms with Crippen LogP contribution in [-0.4, -0.2) is 26.0 Å². The summed E-state index contributed by atoms with van der Waals surface area (Å²) in [5.41, 5.74) is 5.72. The van der Waals surface area contributed by atoms with Crippen LogP contribution in [0, 0.1) is 5.82 Å². The van der Waals surface area contributed by atoms with E-state index in [4.69, 9.17) is 11.6 Å². The number of fused-ring (bicyclic) bond motifs is 1. The zero-order valence-electron chi connectivity index (χ0n) is 16.6. The molecule has 0 fully saturated rings. The van der Waals surface area contributed by atoms with E-state index in [1.54, 1.807) is 16.8 Å². The lowest BCUT2D eigenvalue weighted by atomic mass is 10.0. The molecule has 0 aliphatic carbocycles. The van der Waals surface area contributed by atoms with Crippen LogP contribution in [0.1, 0.15) is 11.6 Å². The molecule has 0 saturated heterocycles. The fourth-order valence-electron chi connectivity index (χ4n) is 3.50. The van der Waals surface area contributed by atoms with E-state index in [9.17, 15) is 9.18 Å². The molecule has 2 heterocycles. The summed E-state index contributed by atoms with van der Waals surface area (Å²) < 4.78 is 15.1. The number of thioether (sulfide) groups is 1. The molecule has 0 unspecified atom stereocenters. The van der Waals surface area contributed by atoms with Gasteiger partial charge < -0.3 is 10.7 Å². The largest absolute Gasteiger partial charge is 0.325 e. The standard InChI is InChI=1S/C23H17ClFN5OS/c24-16-8-6-14(7-9-16)19-20(22(31)26-18-12-10-17(25)11-13-18)32-23-28-27-21(30(23)29-19)15-4-2-1-3-5-15/h1-13,19-20,29H,(H,26,31)/t19-,20+/m0/s1. The number of anilines is 1. The minimum absolute atomic E-state index is 0.232. The zero-order valence-corrected chi connectivity index (χ0v) is 18.1. The third-order valence-corrected chi connectivity index (χ3v) is 6.54. The van der Waals surface area contributed by atoms with E-state index in [0.717, 1.165) is 11.1 Å². The quantitative estimate of drug-likeness (QED) is 0.437. The van der Waals surface area contributed by atoms with Gasteiger partial charge >= 0.3 is 0 Å². The smallest absolute Gasteiger partial charge is 0.240 e. The topological polar surface area (TPSA) is 71.8 Å². The van der Waals surface area contributed by atoms with E-state index >= 15 is 0 Å². The molecule has 1 aliphatic heterocycles. The number of halogens is 2. The first-order valence-electron chi connectivity index (χ1n) is 9.84. The molecule has 0 bridgehead atoms. The Kier molecular flexibility index (Phi) is 5.55. The molecule has 0 spiro atoms. The molecule has 3 aromatic carbocycles. The second-order valence-electron chi connectivity index (χ2n) is 7.20. The highest BCUT2D eigenvalue weighted by atomic mass is 35.5. The van der Waals surface area contributed by atoms with E-state index in [1.807, 2.05) is 42.5 Å². The molecule has 1 aliphatic rings. The first kappa shape index (κ1) is 20.5. The van der Waals surface area contributed by atoms with Crippen molar-refractivity contribution in [1.29, 1.82) is 0 Å². The molecule has 160 valence electrons. The van der Waals surface area contributed by atoms with Crippen molar-refractivity contribution in [1.82, 2.24) is 14.9 Å². The summed E-state index contributed by atoms with van der Waals surface area (Å²) in [7, 11) is 0. The van der Waals surface area contributed by atoms with E-state index < -0.39 is 5.25 Å². The second-order valence-corrected chi connectivity index (χ2v) is 8.75. The Hall–Kier alpha value is -3.36. The van der Waals surface area contributed by atoms with Gasteiger partial charge in [-0.1, -0.05) is 65.8 Å². The zero-order chi connectivity index (χ0) is 22.1. The molecule has 1 aromatic heterocycles. The summed E-state index contributed by atoms with van der Waals surface area (Å²) in [4.78, 5) is 13.2. The van der Waals surface area contributed by atoms with Gasteiger partial charge in [-0.15, -0.1) is 10.2 Å². The first-order chi connectivity index (χ1) is 15.6. The number of hydrogen-bond donors (Lipinski definition) is 2. The van der Waals surface area contributed by atoms with Crippen LogP contribution in [-0.2, 0) is 4.79 Å². The monoisotopic (exact) mass is 465 g/mol. The van der Waals surface area contributed by atoms with Gasteiger partial charge in [-0.3, -0.25) is 4.79 Å². The Morgan fingerprint density at radius 3 is 2.44 bits per heavy atom. The number of nitrogens with one attached hydrogen (secondary N) is 2. The molecule has 32 heavy (non-hydrogen) atoms. The highest BCUT2D eigenvalue weighted by molar-refractivity contribution is 8.00. The van der Waals surface area contributed by atoms with Crippen LogP contribution in [0.3, 0.4) is 0 Å². The van der Waals surface area contributed by atoms with Gasteiger partial charge in [0.2, 0.25) is 11.1 Å². The number of carbonyl (C=O) groups is 1. The molecular formula is C23H17ClFN5OS. The molecular weight excluding hydrogens is 449 g/mol. The highest BCUT2D eigenvalue weighted by Gasteiger charge is 2.38. The molecule has 0 radical (unpaired) electrons. The summed E-state index contributed by atoms with van der Waals surface area (Å²) in [6, 6.07) is 22.3. The number of nitrogens with zero attached hydrogens (tertiary/aromatic N) is 3. The number of benzene rings is 3. The van der Waals surface area contributed by atoms with Crippen LogP contribution in [0.25, 0.3) is 11.4 Å². The van der Waals surface area contributed by atoms with Crippen molar-refractivity contribution in [3.63, 3.8) is 0 Å². The number of aromatic nitrogens is 3. The second kappa shape index (κ2) is 8.64. The van der Waals surface area contributed by atoms with E-state index in [1.165, 1.54) is 36.0 Å². The van der Waals surface area contributed by atoms with Gasteiger partial charge in [-0.2, -0.15) is 0 Å². The van der Waals surface area contributed by atoms with Crippen LogP contribution >= 0.6 is 23.4 Å². The lowest BCUT2D eigenvalue weighted by Gasteiger charge is -2.33. The normalized spacial score (nSPS) is 17.3. The van der Waals surface area contributed by atoms with Crippen molar-refractivity contribution in [2.75, 3.05) is 10.7 Å². The van der Waals surface area contributed by atoms with E-state index in [0.29, 0.717) is 21.7 Å². The first-order valence-corrected chi connectivity index (χ1v) is 11.1. The van der Waals surface area contributed by atoms with Crippen molar-refractivity contribution >= 4 is 35.0 Å². The number of amides is 1. The van der Waals surface area contributed by atoms with Gasteiger partial charge in [-0.05, 0) is 42.0 Å². The van der Waals surface area contributed by atoms with Crippen molar-refractivity contribution in [3.05, 3.63) is 95.3 Å². The van der Waals surface area contributed by atoms with Gasteiger partial charge in [0.05, 0.1) is 6.04 Å². The van der Waals surface area contributed by atoms with Crippen LogP contribution in [0.15, 0.2) is 84.0 Å². The number of rotatable bonds is 4. The molecule has 4 aromatic rings. The van der Waals surface area contributed by atoms with Crippen LogP contribution in [0.5, 0.6) is 0 Å². The lowest BCUT2D eigenvalue weighted by Crippen LogP contribution is -2.41. The predicted octanol–water partition coefficient (Wildman–Crippen LogP) is 5.14. The van der Waals surface area contributed by atoms with Gasteiger partial charge in [0, 0.05) is 16.3 Å². The average Bonchev–Trinajstić information content (AvgIpc) is 3.24. The molecule has 5 rings (SSSR count). The third kappa shape index (κ3) is 4.06. The summed E-state index contributed by atoms with van der Waals surface area (Å²) in [5, 5.41) is 12.1. The molecule has 2 N–H and O–H groups in total. The molecule has 9 heteroatoms. The summed E-state index contributed by atoms with van der Waals surface area (Å²) >= 11 is 7.40. The maximum Gasteiger partial charge on any atom is 0.240 e. The minimum atomic E-state index is -0.554. The fourth-order valence-corrected chi connectivity index (χ4v) is 4.70. The Bertz CT molecular complexity index is 1250. The summed E-state index contributed by atoms with van der Waals surface area (Å²) in [6.45, 7) is 0. The molecule has 0 saturated carbocycles.